The average Bonchev–Trinajstić information content (AvgIpc) is 2.16. The lowest BCUT2D eigenvalue weighted by molar-refractivity contribution is 0.0697. The van der Waals surface area contributed by atoms with Gasteiger partial charge in [-0.05, 0) is 18.1 Å². The Kier molecular flexibility index (Phi) is 3.83. The molecule has 0 saturated heterocycles. The van der Waals surface area contributed by atoms with Gasteiger partial charge in [-0.3, -0.25) is 0 Å². The molecule has 1 aromatic carbocycles. The first kappa shape index (κ1) is 12.1. The second-order valence-electron chi connectivity index (χ2n) is 2.98. The lowest BCUT2D eigenvalue weighted by Crippen LogP contribution is -2.04. The van der Waals surface area contributed by atoms with Gasteiger partial charge in [-0.1, -0.05) is 30.1 Å². The van der Waals surface area contributed by atoms with E-state index >= 15 is 0 Å². The summed E-state index contributed by atoms with van der Waals surface area (Å²) in [5, 5.41) is 12.2. The van der Waals surface area contributed by atoms with Gasteiger partial charge in [-0.2, -0.15) is 0 Å². The first-order chi connectivity index (χ1) is 7.02. The third kappa shape index (κ3) is 2.19. The zero-order valence-electron chi connectivity index (χ0n) is 8.40. The number of carbonyl (C=O) groups is 1. The highest BCUT2D eigenvalue weighted by Crippen LogP contribution is 2.34. The Morgan fingerprint density at radius 2 is 2.13 bits per heavy atom. The van der Waals surface area contributed by atoms with E-state index in [4.69, 9.17) is 28.3 Å². The predicted molar refractivity (Wildman–Crippen MR) is 62.3 cm³/mol. The van der Waals surface area contributed by atoms with Gasteiger partial charge >= 0.3 is 5.97 Å². The van der Waals surface area contributed by atoms with Gasteiger partial charge in [0.2, 0.25) is 0 Å². The number of hydrogen-bond acceptors (Lipinski definition) is 2. The monoisotopic (exact) mass is 247 g/mol. The van der Waals surface area contributed by atoms with E-state index in [-0.39, 0.29) is 15.6 Å². The van der Waals surface area contributed by atoms with E-state index in [9.17, 15) is 4.79 Å². The molecule has 0 heterocycles. The zero-order chi connectivity index (χ0) is 11.6. The van der Waals surface area contributed by atoms with Crippen molar-refractivity contribution in [1.29, 1.82) is 0 Å². The fourth-order valence-corrected chi connectivity index (χ4v) is 2.18. The van der Waals surface area contributed by atoms with Crippen LogP contribution in [0.5, 0.6) is 0 Å². The van der Waals surface area contributed by atoms with Gasteiger partial charge in [0.15, 0.2) is 0 Å². The summed E-state index contributed by atoms with van der Waals surface area (Å²) in [6, 6.07) is 1.58. The molecule has 0 aliphatic carbocycles. The van der Waals surface area contributed by atoms with Gasteiger partial charge in [-0.15, -0.1) is 0 Å². The van der Waals surface area contributed by atoms with Gasteiger partial charge < -0.3 is 10.4 Å². The van der Waals surface area contributed by atoms with Crippen molar-refractivity contribution >= 4 is 34.9 Å². The molecule has 0 aliphatic heterocycles. The summed E-state index contributed by atoms with van der Waals surface area (Å²) in [6.07, 6.45) is 0.645. The minimum atomic E-state index is -1.11. The van der Waals surface area contributed by atoms with Crippen LogP contribution in [0.1, 0.15) is 22.8 Å². The molecule has 1 aromatic rings. The highest BCUT2D eigenvalue weighted by molar-refractivity contribution is 6.40. The molecule has 0 fully saturated rings. The average molecular weight is 248 g/mol. The first-order valence-corrected chi connectivity index (χ1v) is 5.20. The van der Waals surface area contributed by atoms with Crippen LogP contribution >= 0.6 is 23.2 Å². The van der Waals surface area contributed by atoms with Crippen molar-refractivity contribution in [2.75, 3.05) is 12.4 Å². The zero-order valence-corrected chi connectivity index (χ0v) is 9.91. The third-order valence-corrected chi connectivity index (χ3v) is 2.87. The van der Waals surface area contributed by atoms with Gasteiger partial charge in [0, 0.05) is 12.7 Å². The predicted octanol–water partition coefficient (Wildman–Crippen LogP) is 3.30. The quantitative estimate of drug-likeness (QED) is 0.862. The van der Waals surface area contributed by atoms with E-state index in [0.717, 1.165) is 11.3 Å². The number of aromatic carboxylic acids is 1. The van der Waals surface area contributed by atoms with Crippen molar-refractivity contribution in [2.24, 2.45) is 0 Å². The molecule has 15 heavy (non-hydrogen) atoms. The lowest BCUT2D eigenvalue weighted by Gasteiger charge is -2.13. The molecule has 0 radical (unpaired) electrons. The maximum atomic E-state index is 10.9. The Hall–Kier alpha value is -0.930. The number of rotatable bonds is 3. The van der Waals surface area contributed by atoms with Crippen LogP contribution in [0, 0.1) is 0 Å². The molecule has 0 aliphatic rings. The molecule has 1 rings (SSSR count). The van der Waals surface area contributed by atoms with Gasteiger partial charge in [-0.25, -0.2) is 4.79 Å². The number of carboxylic acids is 1. The summed E-state index contributed by atoms with van der Waals surface area (Å²) in [5.74, 6) is -1.11. The minimum absolute atomic E-state index is 0.0332. The normalized spacial score (nSPS) is 10.1. The third-order valence-electron chi connectivity index (χ3n) is 2.16. The number of benzene rings is 1. The van der Waals surface area contributed by atoms with E-state index < -0.39 is 5.97 Å². The molecule has 0 spiro atoms. The second kappa shape index (κ2) is 4.73. The fourth-order valence-electron chi connectivity index (χ4n) is 1.42. The van der Waals surface area contributed by atoms with Crippen LogP contribution in [0.25, 0.3) is 0 Å². The van der Waals surface area contributed by atoms with Crippen molar-refractivity contribution in [2.45, 2.75) is 13.3 Å². The summed E-state index contributed by atoms with van der Waals surface area (Å²) >= 11 is 11.8. The molecular weight excluding hydrogens is 237 g/mol. The van der Waals surface area contributed by atoms with E-state index in [1.807, 2.05) is 6.92 Å². The summed E-state index contributed by atoms with van der Waals surface area (Å²) < 4.78 is 0. The molecule has 0 saturated carbocycles. The Morgan fingerprint density at radius 3 is 2.53 bits per heavy atom. The molecule has 5 heteroatoms. The number of hydrogen-bond donors (Lipinski definition) is 2. The van der Waals surface area contributed by atoms with E-state index in [1.54, 1.807) is 13.1 Å². The van der Waals surface area contributed by atoms with Crippen molar-refractivity contribution in [3.8, 4) is 0 Å². The minimum Gasteiger partial charge on any atom is -0.478 e. The van der Waals surface area contributed by atoms with Gasteiger partial charge in [0.1, 0.15) is 0 Å². The van der Waals surface area contributed by atoms with Crippen molar-refractivity contribution in [3.63, 3.8) is 0 Å². The highest BCUT2D eigenvalue weighted by Gasteiger charge is 2.19. The Labute approximate surface area is 98.0 Å². The maximum Gasteiger partial charge on any atom is 0.338 e. The smallest absolute Gasteiger partial charge is 0.338 e. The van der Waals surface area contributed by atoms with Crippen LogP contribution in [-0.4, -0.2) is 18.1 Å². The van der Waals surface area contributed by atoms with Crippen LogP contribution in [0.15, 0.2) is 6.07 Å². The van der Waals surface area contributed by atoms with Crippen molar-refractivity contribution < 1.29 is 9.90 Å². The molecular formula is C10H11Cl2NO2. The fraction of sp³-hybridized carbons (Fsp3) is 0.300. The molecule has 2 N–H and O–H groups in total. The van der Waals surface area contributed by atoms with Crippen LogP contribution in [0.2, 0.25) is 10.0 Å². The largest absolute Gasteiger partial charge is 0.478 e. The van der Waals surface area contributed by atoms with Gasteiger partial charge in [0.05, 0.1) is 15.6 Å². The van der Waals surface area contributed by atoms with Crippen molar-refractivity contribution in [3.05, 3.63) is 27.2 Å². The SMILES string of the molecule is CCc1c(NC)cc(Cl)c(C(=O)O)c1Cl. The van der Waals surface area contributed by atoms with Crippen molar-refractivity contribution in [1.82, 2.24) is 0 Å². The van der Waals surface area contributed by atoms with Crippen LogP contribution in [-0.2, 0) is 6.42 Å². The number of halogens is 2. The molecule has 82 valence electrons. The standard InChI is InChI=1S/C10H11Cl2NO2/c1-3-5-7(13-2)4-6(11)8(9(5)12)10(14)15/h4,13H,3H2,1-2H3,(H,14,15). The van der Waals surface area contributed by atoms with Crippen LogP contribution in [0.3, 0.4) is 0 Å². The molecule has 0 unspecified atom stereocenters. The van der Waals surface area contributed by atoms with Gasteiger partial charge in [0.25, 0.3) is 0 Å². The van der Waals surface area contributed by atoms with Crippen LogP contribution < -0.4 is 5.32 Å². The first-order valence-electron chi connectivity index (χ1n) is 4.44. The van der Waals surface area contributed by atoms with E-state index in [0.29, 0.717) is 6.42 Å². The Balaban J connectivity index is 3.51. The summed E-state index contributed by atoms with van der Waals surface area (Å²) in [7, 11) is 1.74. The Bertz CT molecular complexity index is 405. The summed E-state index contributed by atoms with van der Waals surface area (Å²) in [6.45, 7) is 1.90. The lowest BCUT2D eigenvalue weighted by atomic mass is 10.1. The van der Waals surface area contributed by atoms with E-state index in [1.165, 1.54) is 0 Å². The number of carboxylic acid groups (broad SMARTS) is 1. The highest BCUT2D eigenvalue weighted by atomic mass is 35.5. The molecule has 0 bridgehead atoms. The maximum absolute atomic E-state index is 10.9. The molecule has 0 aromatic heterocycles. The topological polar surface area (TPSA) is 49.3 Å². The molecule has 3 nitrogen and oxygen atoms in total. The number of anilines is 1. The Morgan fingerprint density at radius 1 is 1.53 bits per heavy atom. The van der Waals surface area contributed by atoms with Crippen LogP contribution in [0.4, 0.5) is 5.69 Å². The number of nitrogens with one attached hydrogen (secondary N) is 1. The summed E-state index contributed by atoms with van der Waals surface area (Å²) in [5.41, 5.74) is 1.49. The molecule has 0 amide bonds. The second-order valence-corrected chi connectivity index (χ2v) is 3.77. The molecule has 0 atom stereocenters. The van der Waals surface area contributed by atoms with E-state index in [2.05, 4.69) is 5.32 Å². The summed E-state index contributed by atoms with van der Waals surface area (Å²) in [4.78, 5) is 10.9.